The molecule has 6 nitrogen and oxygen atoms in total. The molecule has 30 heavy (non-hydrogen) atoms. The normalized spacial score (nSPS) is 15.1. The minimum atomic E-state index is -0.301. The number of thiocarbonyl (C=S) groups is 1. The number of rotatable bonds is 11. The monoisotopic (exact) mass is 515 g/mol. The molecule has 0 aliphatic carbocycles. The summed E-state index contributed by atoms with van der Waals surface area (Å²) in [5, 5.41) is 0. The Balaban J connectivity index is 2.12. The van der Waals surface area contributed by atoms with Crippen LogP contribution in [0, 0.1) is 0 Å². The first-order valence-corrected chi connectivity index (χ1v) is 11.8. The first kappa shape index (κ1) is 24.7. The number of ether oxygens (including phenoxy) is 3. The summed E-state index contributed by atoms with van der Waals surface area (Å²) in [5.74, 6) is 0.788. The fourth-order valence-electron chi connectivity index (χ4n) is 2.82. The minimum absolute atomic E-state index is 0.162. The molecule has 164 valence electrons. The fraction of sp³-hybridized carbons (Fsp3) is 0.476. The van der Waals surface area contributed by atoms with Crippen molar-refractivity contribution in [3.8, 4) is 11.5 Å². The lowest BCUT2D eigenvalue weighted by Crippen LogP contribution is -2.29. The van der Waals surface area contributed by atoms with E-state index >= 15 is 0 Å². The first-order valence-electron chi connectivity index (χ1n) is 9.73. The van der Waals surface area contributed by atoms with E-state index < -0.39 is 0 Å². The van der Waals surface area contributed by atoms with E-state index in [2.05, 4.69) is 27.6 Å². The second-order valence-corrected chi connectivity index (χ2v) is 9.13. The number of carbonyl (C=O) groups is 2. The maximum absolute atomic E-state index is 12.7. The minimum Gasteiger partial charge on any atom is -0.493 e. The molecule has 0 aromatic heterocycles. The molecule has 9 heteroatoms. The van der Waals surface area contributed by atoms with E-state index in [9.17, 15) is 9.59 Å². The highest BCUT2D eigenvalue weighted by Gasteiger charge is 2.31. The number of benzene rings is 1. The highest BCUT2D eigenvalue weighted by atomic mass is 79.9. The number of amides is 1. The molecule has 1 fully saturated rings. The third-order valence-corrected chi connectivity index (χ3v) is 6.37. The van der Waals surface area contributed by atoms with Crippen molar-refractivity contribution >= 4 is 62.2 Å². The van der Waals surface area contributed by atoms with Gasteiger partial charge in [-0.05, 0) is 52.5 Å². The Morgan fingerprint density at radius 2 is 2.03 bits per heavy atom. The summed E-state index contributed by atoms with van der Waals surface area (Å²) >= 11 is 10.1. The number of hydrogen-bond donors (Lipinski definition) is 0. The quantitative estimate of drug-likeness (QED) is 0.174. The van der Waals surface area contributed by atoms with Crippen LogP contribution in [0.25, 0.3) is 6.08 Å². The molecule has 0 radical (unpaired) electrons. The Labute approximate surface area is 195 Å². The summed E-state index contributed by atoms with van der Waals surface area (Å²) in [7, 11) is 2.93. The van der Waals surface area contributed by atoms with Crippen LogP contribution >= 0.6 is 39.9 Å². The molecule has 0 atom stereocenters. The van der Waals surface area contributed by atoms with E-state index in [-0.39, 0.29) is 18.3 Å². The molecule has 0 spiro atoms. The van der Waals surface area contributed by atoms with Crippen LogP contribution in [0.5, 0.6) is 11.5 Å². The summed E-state index contributed by atoms with van der Waals surface area (Å²) in [6.45, 7) is 3.15. The average Bonchev–Trinajstić information content (AvgIpc) is 2.99. The van der Waals surface area contributed by atoms with Gasteiger partial charge in [-0.3, -0.25) is 14.5 Å². The Bertz CT molecular complexity index is 828. The molecule has 1 saturated heterocycles. The van der Waals surface area contributed by atoms with Crippen molar-refractivity contribution < 1.29 is 23.8 Å². The van der Waals surface area contributed by atoms with Gasteiger partial charge in [0, 0.05) is 13.0 Å². The molecule has 1 amide bonds. The van der Waals surface area contributed by atoms with Crippen LogP contribution in [0.1, 0.15) is 44.6 Å². The molecule has 1 aliphatic rings. The van der Waals surface area contributed by atoms with Crippen molar-refractivity contribution in [1.29, 1.82) is 0 Å². The van der Waals surface area contributed by atoms with Gasteiger partial charge in [-0.15, -0.1) is 0 Å². The van der Waals surface area contributed by atoms with E-state index in [4.69, 9.17) is 21.7 Å². The zero-order valence-corrected chi connectivity index (χ0v) is 20.6. The molecule has 2 rings (SSSR count). The van der Waals surface area contributed by atoms with Gasteiger partial charge in [-0.25, -0.2) is 0 Å². The molecule has 1 aromatic carbocycles. The summed E-state index contributed by atoms with van der Waals surface area (Å²) in [6.07, 6.45) is 5.74. The van der Waals surface area contributed by atoms with Gasteiger partial charge in [-0.1, -0.05) is 43.7 Å². The summed E-state index contributed by atoms with van der Waals surface area (Å²) in [4.78, 5) is 26.1. The lowest BCUT2D eigenvalue weighted by Gasteiger charge is -2.14. The zero-order chi connectivity index (χ0) is 22.1. The number of hydrogen-bond acceptors (Lipinski definition) is 7. The van der Waals surface area contributed by atoms with Crippen LogP contribution in [-0.4, -0.2) is 48.5 Å². The average molecular weight is 516 g/mol. The van der Waals surface area contributed by atoms with Crippen LogP contribution < -0.4 is 9.47 Å². The predicted molar refractivity (Wildman–Crippen MR) is 127 cm³/mol. The Hall–Kier alpha value is -1.58. The summed E-state index contributed by atoms with van der Waals surface area (Å²) < 4.78 is 17.2. The Morgan fingerprint density at radius 1 is 1.27 bits per heavy atom. The van der Waals surface area contributed by atoms with Gasteiger partial charge in [0.05, 0.1) is 30.2 Å². The zero-order valence-electron chi connectivity index (χ0n) is 17.4. The first-order chi connectivity index (χ1) is 14.4. The molecule has 0 bridgehead atoms. The molecule has 1 aromatic rings. The van der Waals surface area contributed by atoms with Crippen molar-refractivity contribution in [2.75, 3.05) is 27.4 Å². The van der Waals surface area contributed by atoms with E-state index in [1.807, 2.05) is 12.1 Å². The van der Waals surface area contributed by atoms with Crippen molar-refractivity contribution in [2.24, 2.45) is 0 Å². The second-order valence-electron chi connectivity index (χ2n) is 6.60. The van der Waals surface area contributed by atoms with Crippen molar-refractivity contribution in [3.05, 3.63) is 27.1 Å². The third kappa shape index (κ3) is 6.72. The van der Waals surface area contributed by atoms with Gasteiger partial charge in [0.2, 0.25) is 0 Å². The largest absolute Gasteiger partial charge is 0.493 e. The van der Waals surface area contributed by atoms with Crippen LogP contribution in [0.3, 0.4) is 0 Å². The van der Waals surface area contributed by atoms with E-state index in [1.54, 1.807) is 13.2 Å². The topological polar surface area (TPSA) is 65.1 Å². The standard InChI is InChI=1S/C21H26BrNO5S2/c1-4-5-6-10-28-19-15(22)11-14(12-16(19)26-2)13-17-20(25)23(21(29)30-17)9-7-8-18(24)27-3/h11-13H,4-10H2,1-3H3/b17-13-. The van der Waals surface area contributed by atoms with Crippen LogP contribution in [0.4, 0.5) is 0 Å². The lowest BCUT2D eigenvalue weighted by molar-refractivity contribution is -0.141. The number of esters is 1. The molecular weight excluding hydrogens is 490 g/mol. The number of halogens is 1. The number of nitrogens with zero attached hydrogens (tertiary/aromatic N) is 1. The SMILES string of the molecule is CCCCCOc1c(Br)cc(/C=C2\SC(=S)N(CCCC(=O)OC)C2=O)cc1OC. The van der Waals surface area contributed by atoms with Crippen LogP contribution in [-0.2, 0) is 14.3 Å². The van der Waals surface area contributed by atoms with Crippen molar-refractivity contribution in [3.63, 3.8) is 0 Å². The number of methoxy groups -OCH3 is 2. The molecule has 1 heterocycles. The van der Waals surface area contributed by atoms with Crippen LogP contribution in [0.2, 0.25) is 0 Å². The third-order valence-electron chi connectivity index (χ3n) is 4.41. The lowest BCUT2D eigenvalue weighted by atomic mass is 10.1. The van der Waals surface area contributed by atoms with Gasteiger partial charge in [-0.2, -0.15) is 0 Å². The van der Waals surface area contributed by atoms with Gasteiger partial charge in [0.15, 0.2) is 11.5 Å². The summed E-state index contributed by atoms with van der Waals surface area (Å²) in [5.41, 5.74) is 0.801. The van der Waals surface area contributed by atoms with Crippen molar-refractivity contribution in [1.82, 2.24) is 4.90 Å². The molecule has 0 saturated carbocycles. The highest BCUT2D eigenvalue weighted by molar-refractivity contribution is 9.10. The highest BCUT2D eigenvalue weighted by Crippen LogP contribution is 2.39. The van der Waals surface area contributed by atoms with E-state index in [1.165, 1.54) is 23.8 Å². The molecule has 0 N–H and O–H groups in total. The van der Waals surface area contributed by atoms with Crippen molar-refractivity contribution in [2.45, 2.75) is 39.0 Å². The molecular formula is C21H26BrNO5S2. The Kier molecular flexibility index (Phi) is 10.1. The van der Waals surface area contributed by atoms with Gasteiger partial charge in [0.25, 0.3) is 5.91 Å². The molecule has 1 aliphatic heterocycles. The van der Waals surface area contributed by atoms with E-state index in [0.717, 1.165) is 29.3 Å². The predicted octanol–water partition coefficient (Wildman–Crippen LogP) is 5.18. The van der Waals surface area contributed by atoms with E-state index in [0.29, 0.717) is 40.3 Å². The van der Waals surface area contributed by atoms with Crippen LogP contribution in [0.15, 0.2) is 21.5 Å². The second kappa shape index (κ2) is 12.3. The molecule has 0 unspecified atom stereocenters. The Morgan fingerprint density at radius 3 is 2.70 bits per heavy atom. The maximum atomic E-state index is 12.7. The fourth-order valence-corrected chi connectivity index (χ4v) is 4.70. The van der Waals surface area contributed by atoms with Gasteiger partial charge >= 0.3 is 5.97 Å². The number of carbonyl (C=O) groups excluding carboxylic acids is 2. The van der Waals surface area contributed by atoms with Gasteiger partial charge in [0.1, 0.15) is 4.32 Å². The number of thioether (sulfide) groups is 1. The number of unbranched alkanes of at least 4 members (excludes halogenated alkanes) is 2. The summed E-state index contributed by atoms with van der Waals surface area (Å²) in [6, 6.07) is 3.73. The smallest absolute Gasteiger partial charge is 0.305 e. The van der Waals surface area contributed by atoms with Gasteiger partial charge < -0.3 is 14.2 Å². The maximum Gasteiger partial charge on any atom is 0.305 e.